The second kappa shape index (κ2) is 50.2. The first-order chi connectivity index (χ1) is 12.5. The van der Waals surface area contributed by atoms with Crippen molar-refractivity contribution in [2.24, 2.45) is 0 Å². The molecule has 0 aliphatic carbocycles. The Hall–Kier alpha value is -0.850. The zero-order valence-corrected chi connectivity index (χ0v) is 18.5. The summed E-state index contributed by atoms with van der Waals surface area (Å²) in [5, 5.41) is 9.73. The van der Waals surface area contributed by atoms with Gasteiger partial charge in [0.2, 0.25) is 0 Å². The van der Waals surface area contributed by atoms with Crippen molar-refractivity contribution in [1.29, 1.82) is 0 Å². The van der Waals surface area contributed by atoms with Crippen molar-refractivity contribution in [3.63, 3.8) is 0 Å². The van der Waals surface area contributed by atoms with Gasteiger partial charge in [0.05, 0.1) is 6.10 Å². The Morgan fingerprint density at radius 1 is 0.786 bits per heavy atom. The van der Waals surface area contributed by atoms with E-state index >= 15 is 0 Å². The Bertz CT molecular complexity index is 421. The smallest absolute Gasteiger partial charge is 0 e. The van der Waals surface area contributed by atoms with Crippen molar-refractivity contribution in [2.75, 3.05) is 6.61 Å². The molecule has 28 heavy (non-hydrogen) atoms. The maximum absolute atomic E-state index is 9.73. The predicted molar refractivity (Wildman–Crippen MR) is 84.3 cm³/mol. The molecule has 2 atom stereocenters. The monoisotopic (exact) mass is 498 g/mol. The van der Waals surface area contributed by atoms with Gasteiger partial charge in [-0.15, -0.1) is 5.54 Å². The maximum Gasteiger partial charge on any atom is 0 e. The van der Waals surface area contributed by atoms with Crippen LogP contribution < -0.4 is 0 Å². The van der Waals surface area contributed by atoms with Crippen LogP contribution in [-0.4, -0.2) is 32.0 Å². The van der Waals surface area contributed by atoms with E-state index in [9.17, 15) is 5.11 Å². The van der Waals surface area contributed by atoms with Crippen LogP contribution in [0.1, 0.15) is 19.3 Å². The molecule has 0 amide bonds. The van der Waals surface area contributed by atoms with Gasteiger partial charge in [-0.3, -0.25) is 0 Å². The van der Waals surface area contributed by atoms with E-state index in [-0.39, 0.29) is 45.8 Å². The van der Waals surface area contributed by atoms with Crippen LogP contribution in [0.2, 0.25) is 19.6 Å². The Morgan fingerprint density at radius 3 is 1.46 bits per heavy atom. The summed E-state index contributed by atoms with van der Waals surface area (Å²) in [5.41, 5.74) is 3.25. The molecule has 0 aromatic carbocycles. The summed E-state index contributed by atoms with van der Waals surface area (Å²) in [7, 11) is -1.34. The molecule has 11 heteroatoms. The number of hydrogen-bond donors (Lipinski definition) is 1. The van der Waals surface area contributed by atoms with Crippen molar-refractivity contribution < 1.29 is 71.3 Å². The van der Waals surface area contributed by atoms with Crippen LogP contribution in [0.4, 0.5) is 0 Å². The second-order valence-electron chi connectivity index (χ2n) is 4.87. The molecular formula is C17H20Co2O8Si. The van der Waals surface area contributed by atoms with E-state index < -0.39 is 8.07 Å². The number of aliphatic hydroxyl groups is 1. The van der Waals surface area contributed by atoms with Gasteiger partial charge in [0.1, 0.15) is 14.2 Å². The van der Waals surface area contributed by atoms with Crippen LogP contribution in [0.5, 0.6) is 0 Å². The summed E-state index contributed by atoms with van der Waals surface area (Å²) in [4.78, 5) is 0. The minimum absolute atomic E-state index is 0. The van der Waals surface area contributed by atoms with E-state index in [2.05, 4.69) is 71.0 Å². The van der Waals surface area contributed by atoms with Crippen molar-refractivity contribution in [3.05, 3.63) is 39.9 Å². The third-order valence-corrected chi connectivity index (χ3v) is 3.02. The summed E-state index contributed by atoms with van der Waals surface area (Å²) in [6, 6.07) is 0. The van der Waals surface area contributed by atoms with Crippen LogP contribution in [0, 0.1) is 51.4 Å². The molecule has 158 valence electrons. The predicted octanol–water partition coefficient (Wildman–Crippen LogP) is 1.57. The summed E-state index contributed by atoms with van der Waals surface area (Å²) in [6.45, 7) is 34.3. The van der Waals surface area contributed by atoms with E-state index in [1.54, 1.807) is 0 Å². The fraction of sp³-hybridized carbons (Fsp3) is 0.529. The van der Waals surface area contributed by atoms with Crippen LogP contribution in [-0.2, 0) is 66.2 Å². The summed E-state index contributed by atoms with van der Waals surface area (Å²) in [6.07, 6.45) is 2.28. The SMILES string of the molecule is C[Si](C)(C)C#C[C@H]1OCCCC[C@H]1O.[C-]#[O+].[C-]#[O+].[C-]#[O+].[C-]#[O+].[C-]#[O+].[C-]#[O+].[Co].[Co]. The van der Waals surface area contributed by atoms with Crippen LogP contribution in [0.25, 0.3) is 0 Å². The van der Waals surface area contributed by atoms with Crippen molar-refractivity contribution in [2.45, 2.75) is 51.1 Å². The first kappa shape index (κ1) is 50.6. The Labute approximate surface area is 188 Å². The quantitative estimate of drug-likeness (QED) is 0.234. The fourth-order valence-electron chi connectivity index (χ4n) is 1.35. The van der Waals surface area contributed by atoms with Gasteiger partial charge in [-0.05, 0) is 19.3 Å². The van der Waals surface area contributed by atoms with Crippen molar-refractivity contribution in [1.82, 2.24) is 0 Å². The second-order valence-corrected chi connectivity index (χ2v) is 9.62. The molecule has 0 unspecified atom stereocenters. The summed E-state index contributed by atoms with van der Waals surface area (Å²) >= 11 is 0. The topological polar surface area (TPSA) is 149 Å². The Balaban J connectivity index is -0.0000000410. The van der Waals surface area contributed by atoms with E-state index in [0.717, 1.165) is 25.9 Å². The van der Waals surface area contributed by atoms with E-state index in [1.165, 1.54) is 0 Å². The molecule has 0 aromatic rings. The van der Waals surface area contributed by atoms with Gasteiger partial charge in [-0.1, -0.05) is 25.6 Å². The standard InChI is InChI=1S/C11H20O2Si.6CO.2Co/c1-14(2,3)9-7-11-10(12)6-4-5-8-13-11;6*1-2;;/h10-12H,4-6,8H2,1-3H3;;;;;;;;/t10-,11-;;;;;;;;/m1......../s1. The minimum atomic E-state index is -1.34. The number of aliphatic hydroxyl groups excluding tert-OH is 1. The molecule has 8 nitrogen and oxygen atoms in total. The van der Waals surface area contributed by atoms with Crippen LogP contribution in [0.15, 0.2) is 0 Å². The molecule has 1 aliphatic heterocycles. The van der Waals surface area contributed by atoms with Gasteiger partial charge >= 0.3 is 67.8 Å². The average Bonchev–Trinajstić information content (AvgIpc) is 2.93. The zero-order chi connectivity index (χ0) is 22.6. The normalized spacial score (nSPS) is 14.9. The molecule has 2 radical (unpaired) electrons. The van der Waals surface area contributed by atoms with E-state index in [1.807, 2.05) is 0 Å². The first-order valence-electron chi connectivity index (χ1n) is 6.54. The molecule has 1 fully saturated rings. The van der Waals surface area contributed by atoms with Gasteiger partial charge in [-0.25, -0.2) is 0 Å². The van der Waals surface area contributed by atoms with Gasteiger partial charge in [0.25, 0.3) is 0 Å². The molecule has 1 heterocycles. The molecule has 0 saturated carbocycles. The van der Waals surface area contributed by atoms with Gasteiger partial charge in [0.15, 0.2) is 0 Å². The van der Waals surface area contributed by atoms with Gasteiger partial charge in [-0.2, -0.15) is 0 Å². The molecular weight excluding hydrogens is 478 g/mol. The zero-order valence-electron chi connectivity index (χ0n) is 15.5. The number of ether oxygens (including phenoxy) is 1. The average molecular weight is 498 g/mol. The van der Waals surface area contributed by atoms with Crippen LogP contribution in [0.3, 0.4) is 0 Å². The Morgan fingerprint density at radius 2 is 1.14 bits per heavy atom. The molecule has 1 rings (SSSR count). The first-order valence-corrected chi connectivity index (χ1v) is 10.0. The van der Waals surface area contributed by atoms with Gasteiger partial charge < -0.3 is 9.84 Å². The summed E-state index contributed by atoms with van der Waals surface area (Å²) < 4.78 is 50.5. The van der Waals surface area contributed by atoms with Crippen molar-refractivity contribution in [3.8, 4) is 11.5 Å². The van der Waals surface area contributed by atoms with Gasteiger partial charge in [0, 0.05) is 40.2 Å². The molecule has 0 spiro atoms. The molecule has 0 bridgehead atoms. The number of hydrogen-bond acceptors (Lipinski definition) is 2. The van der Waals surface area contributed by atoms with E-state index in [0.29, 0.717) is 0 Å². The molecule has 1 aliphatic rings. The maximum atomic E-state index is 9.73. The largest absolute Gasteiger partial charge is 0 e. The minimum Gasteiger partial charge on any atom is 0 e. The molecule has 1 N–H and O–H groups in total. The molecule has 0 aromatic heterocycles. The van der Waals surface area contributed by atoms with E-state index in [4.69, 9.17) is 32.6 Å². The third-order valence-electron chi connectivity index (χ3n) is 2.13. The van der Waals surface area contributed by atoms with Crippen molar-refractivity contribution >= 4 is 8.07 Å². The Kier molecular flexibility index (Phi) is 90.8. The fourth-order valence-corrected chi connectivity index (χ4v) is 1.93. The molecule has 1 saturated heterocycles. The van der Waals surface area contributed by atoms with Crippen LogP contribution >= 0.6 is 0 Å². The number of rotatable bonds is 0. The summed E-state index contributed by atoms with van der Waals surface area (Å²) in [5.74, 6) is 3.09. The third kappa shape index (κ3) is 49.9.